The number of amides is 1. The molecule has 0 atom stereocenters. The summed E-state index contributed by atoms with van der Waals surface area (Å²) in [5.41, 5.74) is 1.26. The molecule has 1 aliphatic heterocycles. The van der Waals surface area contributed by atoms with Gasteiger partial charge in [-0.05, 0) is 40.8 Å². The van der Waals surface area contributed by atoms with E-state index in [1.165, 1.54) is 18.3 Å². The highest BCUT2D eigenvalue weighted by molar-refractivity contribution is 6.02. The Labute approximate surface area is 196 Å². The molecule has 184 valence electrons. The van der Waals surface area contributed by atoms with E-state index >= 15 is 0 Å². The Morgan fingerprint density at radius 3 is 2.60 bits per heavy atom. The molecule has 11 nitrogen and oxygen atoms in total. The van der Waals surface area contributed by atoms with Crippen LogP contribution in [0.1, 0.15) is 16.1 Å². The summed E-state index contributed by atoms with van der Waals surface area (Å²) in [7, 11) is 0. The average molecular weight is 492 g/mol. The van der Waals surface area contributed by atoms with Crippen molar-refractivity contribution in [2.45, 2.75) is 19.5 Å². The third kappa shape index (κ3) is 6.44. The first kappa shape index (κ1) is 23.9. The van der Waals surface area contributed by atoms with Crippen LogP contribution in [-0.4, -0.2) is 56.3 Å². The van der Waals surface area contributed by atoms with Crippen molar-refractivity contribution < 1.29 is 32.4 Å². The Hall–Kier alpha value is -4.20. The third-order valence-corrected chi connectivity index (χ3v) is 5.02. The van der Waals surface area contributed by atoms with E-state index in [9.17, 15) is 28.1 Å². The minimum atomic E-state index is -4.79. The van der Waals surface area contributed by atoms with E-state index in [1.807, 2.05) is 0 Å². The lowest BCUT2D eigenvalue weighted by Crippen LogP contribution is -2.33. The minimum Gasteiger partial charge on any atom is -0.444 e. The molecule has 0 saturated carbocycles. The SMILES string of the molecule is O=C(Nc1ccc(OC(F)(F)F)cc1)c1ccc(CN2CCOc3nc([N+](=O)[O-])cn3CC2)cn1. The normalized spacial score (nSPS) is 14.3. The van der Waals surface area contributed by atoms with E-state index in [2.05, 4.69) is 24.9 Å². The number of fused-ring (bicyclic) bond motifs is 1. The minimum absolute atomic E-state index is 0.135. The van der Waals surface area contributed by atoms with E-state index < -0.39 is 22.9 Å². The van der Waals surface area contributed by atoms with Crippen LogP contribution in [0.15, 0.2) is 48.8 Å². The predicted octanol–water partition coefficient (Wildman–Crippen LogP) is 3.23. The van der Waals surface area contributed by atoms with Gasteiger partial charge in [0, 0.05) is 43.0 Å². The number of nitrogens with zero attached hydrogens (tertiary/aromatic N) is 5. The van der Waals surface area contributed by atoms with E-state index in [1.54, 1.807) is 22.9 Å². The van der Waals surface area contributed by atoms with Crippen LogP contribution in [0.3, 0.4) is 0 Å². The van der Waals surface area contributed by atoms with Crippen LogP contribution in [0.2, 0.25) is 0 Å². The maximum absolute atomic E-state index is 12.4. The Morgan fingerprint density at radius 2 is 1.94 bits per heavy atom. The Bertz CT molecular complexity index is 1200. The van der Waals surface area contributed by atoms with Crippen molar-refractivity contribution in [1.82, 2.24) is 19.4 Å². The Morgan fingerprint density at radius 1 is 1.17 bits per heavy atom. The number of hydrogen-bond donors (Lipinski definition) is 1. The van der Waals surface area contributed by atoms with E-state index in [-0.39, 0.29) is 23.2 Å². The van der Waals surface area contributed by atoms with Gasteiger partial charge in [-0.15, -0.1) is 13.2 Å². The van der Waals surface area contributed by atoms with Gasteiger partial charge in [0.1, 0.15) is 24.2 Å². The number of carbonyl (C=O) groups is 1. The maximum atomic E-state index is 12.4. The number of nitro groups is 1. The number of pyridine rings is 1. The van der Waals surface area contributed by atoms with E-state index in [0.717, 1.165) is 17.7 Å². The van der Waals surface area contributed by atoms with Gasteiger partial charge in [0.25, 0.3) is 5.91 Å². The molecular formula is C21H19F3N6O5. The first-order chi connectivity index (χ1) is 16.7. The number of anilines is 1. The third-order valence-electron chi connectivity index (χ3n) is 5.02. The molecule has 1 aliphatic rings. The van der Waals surface area contributed by atoms with Crippen molar-refractivity contribution in [3.8, 4) is 11.8 Å². The highest BCUT2D eigenvalue weighted by Crippen LogP contribution is 2.24. The molecule has 0 unspecified atom stereocenters. The fourth-order valence-corrected chi connectivity index (χ4v) is 3.38. The summed E-state index contributed by atoms with van der Waals surface area (Å²) in [5.74, 6) is -1.18. The van der Waals surface area contributed by atoms with Crippen molar-refractivity contribution in [3.05, 3.63) is 70.2 Å². The van der Waals surface area contributed by atoms with Gasteiger partial charge >= 0.3 is 18.2 Å². The molecule has 1 amide bonds. The second-order valence-electron chi connectivity index (χ2n) is 7.53. The molecule has 1 aromatic carbocycles. The molecule has 0 saturated heterocycles. The average Bonchev–Trinajstić information content (AvgIpc) is 3.19. The molecule has 35 heavy (non-hydrogen) atoms. The summed E-state index contributed by atoms with van der Waals surface area (Å²) in [4.78, 5) is 32.9. The summed E-state index contributed by atoms with van der Waals surface area (Å²) >= 11 is 0. The number of benzene rings is 1. The maximum Gasteiger partial charge on any atom is 0.573 e. The number of hydrogen-bond acceptors (Lipinski definition) is 8. The van der Waals surface area contributed by atoms with Crippen LogP contribution in [0.5, 0.6) is 11.8 Å². The summed E-state index contributed by atoms with van der Waals surface area (Å²) in [5, 5.41) is 13.5. The van der Waals surface area contributed by atoms with Gasteiger partial charge in [-0.25, -0.2) is 0 Å². The number of ether oxygens (including phenoxy) is 2. The summed E-state index contributed by atoms with van der Waals surface area (Å²) in [6, 6.07) is 8.28. The quantitative estimate of drug-likeness (QED) is 0.411. The van der Waals surface area contributed by atoms with Gasteiger partial charge in [0.2, 0.25) is 0 Å². The second-order valence-corrected chi connectivity index (χ2v) is 7.53. The van der Waals surface area contributed by atoms with Crippen molar-refractivity contribution >= 4 is 17.4 Å². The summed E-state index contributed by atoms with van der Waals surface area (Å²) in [6.07, 6.45) is -1.90. The van der Waals surface area contributed by atoms with Crippen LogP contribution < -0.4 is 14.8 Å². The molecule has 0 aliphatic carbocycles. The van der Waals surface area contributed by atoms with Gasteiger partial charge < -0.3 is 24.9 Å². The predicted molar refractivity (Wildman–Crippen MR) is 115 cm³/mol. The van der Waals surface area contributed by atoms with E-state index in [4.69, 9.17) is 4.74 Å². The van der Waals surface area contributed by atoms with Crippen LogP contribution >= 0.6 is 0 Å². The number of imidazole rings is 1. The van der Waals surface area contributed by atoms with Crippen LogP contribution in [0, 0.1) is 10.1 Å². The Balaban J connectivity index is 1.32. The fourth-order valence-electron chi connectivity index (χ4n) is 3.38. The topological polar surface area (TPSA) is 125 Å². The number of nitrogens with one attached hydrogen (secondary N) is 1. The number of alkyl halides is 3. The molecule has 0 bridgehead atoms. The number of aromatic nitrogens is 3. The number of halogens is 3. The van der Waals surface area contributed by atoms with Gasteiger partial charge in [-0.3, -0.25) is 19.2 Å². The molecule has 2 aromatic heterocycles. The van der Waals surface area contributed by atoms with Crippen molar-refractivity contribution in [3.63, 3.8) is 0 Å². The lowest BCUT2D eigenvalue weighted by atomic mass is 10.2. The number of rotatable bonds is 6. The Kier molecular flexibility index (Phi) is 6.82. The van der Waals surface area contributed by atoms with Gasteiger partial charge in [0.05, 0.1) is 0 Å². The van der Waals surface area contributed by atoms with Crippen molar-refractivity contribution in [1.29, 1.82) is 0 Å². The summed E-state index contributed by atoms with van der Waals surface area (Å²) in [6.45, 7) is 2.44. The van der Waals surface area contributed by atoms with Crippen LogP contribution in [0.25, 0.3) is 0 Å². The molecular weight excluding hydrogens is 473 g/mol. The molecule has 3 aromatic rings. The fraction of sp³-hybridized carbons (Fsp3) is 0.286. The molecule has 0 radical (unpaired) electrons. The highest BCUT2D eigenvalue weighted by atomic mass is 19.4. The zero-order valence-electron chi connectivity index (χ0n) is 18.1. The van der Waals surface area contributed by atoms with Gasteiger partial charge in [-0.2, -0.15) is 0 Å². The first-order valence-corrected chi connectivity index (χ1v) is 10.3. The van der Waals surface area contributed by atoms with Crippen molar-refractivity contribution in [2.75, 3.05) is 25.0 Å². The summed E-state index contributed by atoms with van der Waals surface area (Å²) < 4.78 is 47.7. The van der Waals surface area contributed by atoms with Gasteiger partial charge in [0.15, 0.2) is 0 Å². The highest BCUT2D eigenvalue weighted by Gasteiger charge is 2.31. The molecule has 3 heterocycles. The van der Waals surface area contributed by atoms with Crippen LogP contribution in [-0.2, 0) is 13.1 Å². The number of carbonyl (C=O) groups excluding carboxylic acids is 1. The lowest BCUT2D eigenvalue weighted by molar-refractivity contribution is -0.389. The zero-order valence-corrected chi connectivity index (χ0v) is 18.1. The van der Waals surface area contributed by atoms with Crippen molar-refractivity contribution in [2.24, 2.45) is 0 Å². The second kappa shape index (κ2) is 9.97. The first-order valence-electron chi connectivity index (χ1n) is 10.3. The monoisotopic (exact) mass is 492 g/mol. The van der Waals surface area contributed by atoms with Gasteiger partial charge in [-0.1, -0.05) is 6.07 Å². The zero-order chi connectivity index (χ0) is 25.0. The van der Waals surface area contributed by atoms with Crippen LogP contribution in [0.4, 0.5) is 24.7 Å². The largest absolute Gasteiger partial charge is 0.573 e. The standard InChI is InChI=1S/C21H19F3N6O5/c22-21(23,24)35-16-4-2-15(3-5-16)26-19(31)17-6-1-14(11-25-17)12-28-7-8-29-13-18(30(32)33)27-20(29)34-10-9-28/h1-6,11,13H,7-10,12H2,(H,26,31). The van der Waals surface area contributed by atoms with E-state index in [0.29, 0.717) is 32.8 Å². The molecule has 1 N–H and O–H groups in total. The molecule has 0 fully saturated rings. The smallest absolute Gasteiger partial charge is 0.444 e. The lowest BCUT2D eigenvalue weighted by Gasteiger charge is -2.24. The molecule has 0 spiro atoms. The molecule has 14 heteroatoms. The molecule has 4 rings (SSSR count).